The molecule has 0 amide bonds. The lowest BCUT2D eigenvalue weighted by atomic mass is 10.1. The molecule has 0 bridgehead atoms. The summed E-state index contributed by atoms with van der Waals surface area (Å²) in [5.74, 6) is 0.513. The monoisotopic (exact) mass is 257 g/mol. The zero-order valence-electron chi connectivity index (χ0n) is 10.6. The quantitative estimate of drug-likeness (QED) is 0.848. The summed E-state index contributed by atoms with van der Waals surface area (Å²) in [5, 5.41) is 3.25. The van der Waals surface area contributed by atoms with Crippen LogP contribution >= 0.6 is 0 Å². The Bertz CT molecular complexity index is 395. The first-order valence-corrected chi connectivity index (χ1v) is 7.50. The highest BCUT2D eigenvalue weighted by atomic mass is 32.2. The van der Waals surface area contributed by atoms with Crippen LogP contribution in [0, 0.1) is 12.7 Å². The Balaban J connectivity index is 2.44. The maximum Gasteiger partial charge on any atom is 0.127 e. The van der Waals surface area contributed by atoms with E-state index in [0.29, 0.717) is 17.9 Å². The third-order valence-electron chi connectivity index (χ3n) is 2.68. The van der Waals surface area contributed by atoms with Gasteiger partial charge < -0.3 is 5.32 Å². The first-order valence-electron chi connectivity index (χ1n) is 5.77. The van der Waals surface area contributed by atoms with Crippen molar-refractivity contribution in [1.82, 2.24) is 5.32 Å². The number of benzene rings is 1. The van der Waals surface area contributed by atoms with Gasteiger partial charge in [0.2, 0.25) is 0 Å². The first-order chi connectivity index (χ1) is 7.99. The van der Waals surface area contributed by atoms with Gasteiger partial charge in [0.1, 0.15) is 5.82 Å². The van der Waals surface area contributed by atoms with Crippen molar-refractivity contribution >= 4 is 10.8 Å². The minimum Gasteiger partial charge on any atom is -0.310 e. The van der Waals surface area contributed by atoms with Crippen LogP contribution in [0.5, 0.6) is 0 Å². The molecule has 0 aliphatic heterocycles. The maximum absolute atomic E-state index is 13.4. The Morgan fingerprint density at radius 3 is 2.82 bits per heavy atom. The third-order valence-corrected chi connectivity index (χ3v) is 3.49. The normalized spacial score (nSPS) is 14.6. The van der Waals surface area contributed by atoms with Crippen molar-refractivity contribution in [1.29, 1.82) is 0 Å². The molecule has 2 nitrogen and oxygen atoms in total. The molecule has 0 fully saturated rings. The van der Waals surface area contributed by atoms with E-state index < -0.39 is 10.8 Å². The van der Waals surface area contributed by atoms with E-state index in [2.05, 4.69) is 5.32 Å². The van der Waals surface area contributed by atoms with E-state index in [1.807, 2.05) is 19.9 Å². The molecule has 0 heterocycles. The first kappa shape index (κ1) is 14.3. The van der Waals surface area contributed by atoms with Crippen LogP contribution in [0.4, 0.5) is 4.39 Å². The SMILES string of the molecule is Cc1ccc(F)c(CNC(C)CCS(C)=O)c1. The van der Waals surface area contributed by atoms with Crippen LogP contribution in [0.2, 0.25) is 0 Å². The van der Waals surface area contributed by atoms with Gasteiger partial charge in [-0.25, -0.2) is 4.39 Å². The second kappa shape index (κ2) is 6.87. The Morgan fingerprint density at radius 1 is 1.47 bits per heavy atom. The van der Waals surface area contributed by atoms with E-state index in [0.717, 1.165) is 12.0 Å². The van der Waals surface area contributed by atoms with Crippen LogP contribution in [-0.2, 0) is 17.3 Å². The molecule has 96 valence electrons. The highest BCUT2D eigenvalue weighted by molar-refractivity contribution is 7.84. The van der Waals surface area contributed by atoms with Gasteiger partial charge >= 0.3 is 0 Å². The van der Waals surface area contributed by atoms with Crippen LogP contribution in [0.3, 0.4) is 0 Å². The standard InChI is InChI=1S/C13H20FNOS/c1-10-4-5-13(14)12(8-10)9-15-11(2)6-7-17(3)16/h4-5,8,11,15H,6-7,9H2,1-3H3. The summed E-state index contributed by atoms with van der Waals surface area (Å²) in [6, 6.07) is 5.37. The second-order valence-corrected chi connectivity index (χ2v) is 6.00. The fourth-order valence-corrected chi connectivity index (χ4v) is 2.25. The van der Waals surface area contributed by atoms with Gasteiger partial charge in [-0.1, -0.05) is 17.7 Å². The van der Waals surface area contributed by atoms with Crippen molar-refractivity contribution in [3.8, 4) is 0 Å². The van der Waals surface area contributed by atoms with Gasteiger partial charge in [-0.15, -0.1) is 0 Å². The summed E-state index contributed by atoms with van der Waals surface area (Å²) >= 11 is 0. The maximum atomic E-state index is 13.4. The summed E-state index contributed by atoms with van der Waals surface area (Å²) in [4.78, 5) is 0. The molecule has 2 atom stereocenters. The lowest BCUT2D eigenvalue weighted by Crippen LogP contribution is -2.27. The lowest BCUT2D eigenvalue weighted by Gasteiger charge is -2.13. The van der Waals surface area contributed by atoms with Crippen molar-refractivity contribution in [3.05, 3.63) is 35.1 Å². The molecule has 0 saturated heterocycles. The van der Waals surface area contributed by atoms with E-state index in [9.17, 15) is 8.60 Å². The molecule has 0 aliphatic carbocycles. The summed E-state index contributed by atoms with van der Waals surface area (Å²) < 4.78 is 24.4. The molecular formula is C13H20FNOS. The molecule has 0 saturated carbocycles. The highest BCUT2D eigenvalue weighted by Crippen LogP contribution is 2.10. The van der Waals surface area contributed by atoms with Crippen molar-refractivity contribution in [2.75, 3.05) is 12.0 Å². The molecule has 2 unspecified atom stereocenters. The van der Waals surface area contributed by atoms with Gasteiger partial charge in [0, 0.05) is 41.0 Å². The molecule has 17 heavy (non-hydrogen) atoms. The summed E-state index contributed by atoms with van der Waals surface area (Å²) in [6.45, 7) is 4.50. The molecule has 0 aliphatic rings. The number of nitrogens with one attached hydrogen (secondary N) is 1. The van der Waals surface area contributed by atoms with Crippen molar-refractivity contribution in [2.24, 2.45) is 0 Å². The largest absolute Gasteiger partial charge is 0.310 e. The van der Waals surface area contributed by atoms with E-state index >= 15 is 0 Å². The fraction of sp³-hybridized carbons (Fsp3) is 0.538. The zero-order chi connectivity index (χ0) is 12.8. The second-order valence-electron chi connectivity index (χ2n) is 4.44. The van der Waals surface area contributed by atoms with Crippen molar-refractivity contribution < 1.29 is 8.60 Å². The molecule has 0 aromatic heterocycles. The lowest BCUT2D eigenvalue weighted by molar-refractivity contribution is 0.517. The topological polar surface area (TPSA) is 29.1 Å². The zero-order valence-corrected chi connectivity index (χ0v) is 11.4. The average molecular weight is 257 g/mol. The Labute approximate surface area is 105 Å². The predicted molar refractivity (Wildman–Crippen MR) is 71.0 cm³/mol. The Morgan fingerprint density at radius 2 is 2.18 bits per heavy atom. The van der Waals surface area contributed by atoms with E-state index in [-0.39, 0.29) is 11.9 Å². The number of rotatable bonds is 6. The van der Waals surface area contributed by atoms with Crippen LogP contribution in [0.1, 0.15) is 24.5 Å². The van der Waals surface area contributed by atoms with Crippen LogP contribution in [-0.4, -0.2) is 22.3 Å². The van der Waals surface area contributed by atoms with Gasteiger partial charge in [-0.05, 0) is 26.3 Å². The minimum absolute atomic E-state index is 0.172. The van der Waals surface area contributed by atoms with Gasteiger partial charge in [0.15, 0.2) is 0 Å². The van der Waals surface area contributed by atoms with Gasteiger partial charge in [0.25, 0.3) is 0 Å². The Hall–Kier alpha value is -0.740. The molecule has 1 aromatic carbocycles. The number of hydrogen-bond donors (Lipinski definition) is 1. The van der Waals surface area contributed by atoms with Gasteiger partial charge in [-0.3, -0.25) is 4.21 Å². The minimum atomic E-state index is -0.756. The Kier molecular flexibility index (Phi) is 5.78. The molecule has 4 heteroatoms. The molecule has 0 spiro atoms. The highest BCUT2D eigenvalue weighted by Gasteiger charge is 2.06. The van der Waals surface area contributed by atoms with Gasteiger partial charge in [-0.2, -0.15) is 0 Å². The predicted octanol–water partition coefficient (Wildman–Crippen LogP) is 2.38. The number of hydrogen-bond acceptors (Lipinski definition) is 2. The summed E-state index contributed by atoms with van der Waals surface area (Å²) in [5.41, 5.74) is 1.75. The van der Waals surface area contributed by atoms with E-state index in [1.165, 1.54) is 6.07 Å². The van der Waals surface area contributed by atoms with Crippen LogP contribution in [0.25, 0.3) is 0 Å². The molecule has 1 aromatic rings. The fourth-order valence-electron chi connectivity index (χ4n) is 1.57. The average Bonchev–Trinajstić information content (AvgIpc) is 2.27. The summed E-state index contributed by atoms with van der Waals surface area (Å²) in [6.07, 6.45) is 2.55. The molecular weight excluding hydrogens is 237 g/mol. The summed E-state index contributed by atoms with van der Waals surface area (Å²) in [7, 11) is -0.756. The number of aryl methyl sites for hydroxylation is 1. The van der Waals surface area contributed by atoms with E-state index in [4.69, 9.17) is 0 Å². The van der Waals surface area contributed by atoms with Crippen LogP contribution in [0.15, 0.2) is 18.2 Å². The van der Waals surface area contributed by atoms with E-state index in [1.54, 1.807) is 12.3 Å². The number of halogens is 1. The van der Waals surface area contributed by atoms with Gasteiger partial charge in [0.05, 0.1) is 0 Å². The van der Waals surface area contributed by atoms with Crippen molar-refractivity contribution in [3.63, 3.8) is 0 Å². The molecule has 1 N–H and O–H groups in total. The smallest absolute Gasteiger partial charge is 0.127 e. The molecule has 0 radical (unpaired) electrons. The van der Waals surface area contributed by atoms with Crippen molar-refractivity contribution in [2.45, 2.75) is 32.9 Å². The van der Waals surface area contributed by atoms with Crippen LogP contribution < -0.4 is 5.32 Å². The third kappa shape index (κ3) is 5.41. The molecule has 1 rings (SSSR count).